The molecule has 0 radical (unpaired) electrons. The second-order valence-corrected chi connectivity index (χ2v) is 6.85. The van der Waals surface area contributed by atoms with Crippen LogP contribution in [-0.4, -0.2) is 51.5 Å². The molecule has 27 heavy (non-hydrogen) atoms. The van der Waals surface area contributed by atoms with E-state index < -0.39 is 11.7 Å². The van der Waals surface area contributed by atoms with E-state index in [1.165, 1.54) is 5.56 Å². The molecule has 1 aromatic rings. The standard InChI is InChI=1S/C19H32N4O3.HI/c1-19(2,3)26-18(24)23-16-9-7-15(8-10-16)11-13-22-17(20-4)21-12-6-14-25-5;/h7-10H,6,11-14H2,1-5H3,(H,23,24)(H2,20,21,22);1H. The number of hydrogen-bond acceptors (Lipinski definition) is 4. The smallest absolute Gasteiger partial charge is 0.412 e. The van der Waals surface area contributed by atoms with Crippen LogP contribution in [0.4, 0.5) is 10.5 Å². The lowest BCUT2D eigenvalue weighted by molar-refractivity contribution is 0.0636. The molecule has 7 nitrogen and oxygen atoms in total. The van der Waals surface area contributed by atoms with Crippen LogP contribution in [0.5, 0.6) is 0 Å². The highest BCUT2D eigenvalue weighted by molar-refractivity contribution is 14.0. The van der Waals surface area contributed by atoms with Crippen molar-refractivity contribution < 1.29 is 14.3 Å². The number of amides is 1. The molecule has 0 saturated heterocycles. The Labute approximate surface area is 179 Å². The minimum absolute atomic E-state index is 0. The number of methoxy groups -OCH3 is 1. The molecule has 1 aromatic carbocycles. The lowest BCUT2D eigenvalue weighted by Crippen LogP contribution is -2.39. The van der Waals surface area contributed by atoms with Crippen LogP contribution < -0.4 is 16.0 Å². The topological polar surface area (TPSA) is 84.0 Å². The molecule has 0 fully saturated rings. The number of halogens is 1. The first-order valence-electron chi connectivity index (χ1n) is 8.86. The zero-order valence-electron chi connectivity index (χ0n) is 16.9. The van der Waals surface area contributed by atoms with Crippen molar-refractivity contribution in [2.24, 2.45) is 4.99 Å². The Balaban J connectivity index is 0.00000676. The summed E-state index contributed by atoms with van der Waals surface area (Å²) in [6, 6.07) is 7.72. The average molecular weight is 492 g/mol. The summed E-state index contributed by atoms with van der Waals surface area (Å²) in [5, 5.41) is 9.24. The van der Waals surface area contributed by atoms with Gasteiger partial charge in [0.1, 0.15) is 5.60 Å². The van der Waals surface area contributed by atoms with Gasteiger partial charge >= 0.3 is 6.09 Å². The Hall–Kier alpha value is -1.55. The molecule has 0 unspecified atom stereocenters. The van der Waals surface area contributed by atoms with E-state index in [1.807, 2.05) is 45.0 Å². The maximum absolute atomic E-state index is 11.7. The summed E-state index contributed by atoms with van der Waals surface area (Å²) in [7, 11) is 3.45. The first-order valence-corrected chi connectivity index (χ1v) is 8.86. The molecular formula is C19H33IN4O3. The highest BCUT2D eigenvalue weighted by atomic mass is 127. The van der Waals surface area contributed by atoms with Crippen molar-refractivity contribution in [3.8, 4) is 0 Å². The van der Waals surface area contributed by atoms with Gasteiger partial charge in [-0.1, -0.05) is 12.1 Å². The molecule has 0 heterocycles. The maximum Gasteiger partial charge on any atom is 0.412 e. The fourth-order valence-corrected chi connectivity index (χ4v) is 2.15. The van der Waals surface area contributed by atoms with E-state index in [1.54, 1.807) is 14.2 Å². The minimum atomic E-state index is -0.508. The van der Waals surface area contributed by atoms with Crippen molar-refractivity contribution in [3.05, 3.63) is 29.8 Å². The fourth-order valence-electron chi connectivity index (χ4n) is 2.15. The Morgan fingerprint density at radius 2 is 1.74 bits per heavy atom. The van der Waals surface area contributed by atoms with Crippen LogP contribution in [0.15, 0.2) is 29.3 Å². The van der Waals surface area contributed by atoms with E-state index in [-0.39, 0.29) is 24.0 Å². The Morgan fingerprint density at radius 3 is 2.30 bits per heavy atom. The van der Waals surface area contributed by atoms with Crippen molar-refractivity contribution in [2.45, 2.75) is 39.2 Å². The average Bonchev–Trinajstić information content (AvgIpc) is 2.57. The summed E-state index contributed by atoms with van der Waals surface area (Å²) in [6.45, 7) is 7.82. The molecule has 0 aliphatic carbocycles. The summed E-state index contributed by atoms with van der Waals surface area (Å²) >= 11 is 0. The predicted molar refractivity (Wildman–Crippen MR) is 121 cm³/mol. The fraction of sp³-hybridized carbons (Fsp3) is 0.579. The largest absolute Gasteiger partial charge is 0.444 e. The maximum atomic E-state index is 11.7. The van der Waals surface area contributed by atoms with Gasteiger partial charge in [-0.3, -0.25) is 10.3 Å². The lowest BCUT2D eigenvalue weighted by atomic mass is 10.1. The lowest BCUT2D eigenvalue weighted by Gasteiger charge is -2.19. The molecule has 0 spiro atoms. The summed E-state index contributed by atoms with van der Waals surface area (Å²) in [6.07, 6.45) is 1.34. The van der Waals surface area contributed by atoms with Crippen LogP contribution in [0.25, 0.3) is 0 Å². The van der Waals surface area contributed by atoms with Crippen molar-refractivity contribution in [1.82, 2.24) is 10.6 Å². The van der Waals surface area contributed by atoms with Crippen molar-refractivity contribution >= 4 is 41.7 Å². The van der Waals surface area contributed by atoms with Crippen LogP contribution in [0.3, 0.4) is 0 Å². The molecule has 8 heteroatoms. The van der Waals surface area contributed by atoms with Crippen molar-refractivity contribution in [2.75, 3.05) is 39.2 Å². The van der Waals surface area contributed by atoms with Crippen LogP contribution in [0, 0.1) is 0 Å². The zero-order valence-corrected chi connectivity index (χ0v) is 19.3. The van der Waals surface area contributed by atoms with Gasteiger partial charge in [-0.05, 0) is 51.3 Å². The second kappa shape index (κ2) is 13.6. The predicted octanol–water partition coefficient (Wildman–Crippen LogP) is 3.40. The summed E-state index contributed by atoms with van der Waals surface area (Å²) < 4.78 is 10.3. The first kappa shape index (κ1) is 25.4. The Bertz CT molecular complexity index is 571. The molecule has 1 amide bonds. The van der Waals surface area contributed by atoms with Crippen LogP contribution in [-0.2, 0) is 15.9 Å². The number of aliphatic imine (C=N–C) groups is 1. The molecule has 154 valence electrons. The number of carbonyl (C=O) groups is 1. The van der Waals surface area contributed by atoms with Crippen LogP contribution in [0.2, 0.25) is 0 Å². The van der Waals surface area contributed by atoms with E-state index in [0.29, 0.717) is 5.69 Å². The second-order valence-electron chi connectivity index (χ2n) is 6.85. The van der Waals surface area contributed by atoms with Gasteiger partial charge in [-0.2, -0.15) is 0 Å². The third-order valence-electron chi connectivity index (χ3n) is 3.35. The normalized spacial score (nSPS) is 11.4. The van der Waals surface area contributed by atoms with E-state index in [4.69, 9.17) is 9.47 Å². The monoisotopic (exact) mass is 492 g/mol. The summed E-state index contributed by atoms with van der Waals surface area (Å²) in [4.78, 5) is 15.9. The molecule has 1 rings (SSSR count). The van der Waals surface area contributed by atoms with Gasteiger partial charge in [0.05, 0.1) is 0 Å². The van der Waals surface area contributed by atoms with Crippen LogP contribution in [0.1, 0.15) is 32.8 Å². The number of nitrogens with zero attached hydrogens (tertiary/aromatic N) is 1. The molecule has 3 N–H and O–H groups in total. The van der Waals surface area contributed by atoms with Gasteiger partial charge in [0.25, 0.3) is 0 Å². The molecule has 0 saturated carbocycles. The highest BCUT2D eigenvalue weighted by Crippen LogP contribution is 2.13. The third kappa shape index (κ3) is 12.5. The highest BCUT2D eigenvalue weighted by Gasteiger charge is 2.16. The Kier molecular flexibility index (Phi) is 12.8. The summed E-state index contributed by atoms with van der Waals surface area (Å²) in [5.41, 5.74) is 1.37. The molecule has 0 bridgehead atoms. The number of anilines is 1. The number of rotatable bonds is 8. The number of guanidine groups is 1. The van der Waals surface area contributed by atoms with Crippen molar-refractivity contribution in [1.29, 1.82) is 0 Å². The molecule has 0 aliphatic heterocycles. The van der Waals surface area contributed by atoms with E-state index in [2.05, 4.69) is 20.9 Å². The van der Waals surface area contributed by atoms with Crippen LogP contribution >= 0.6 is 24.0 Å². The van der Waals surface area contributed by atoms with Gasteiger partial charge < -0.3 is 20.1 Å². The van der Waals surface area contributed by atoms with E-state index >= 15 is 0 Å². The van der Waals surface area contributed by atoms with Gasteiger partial charge in [0.2, 0.25) is 0 Å². The number of ether oxygens (including phenoxy) is 2. The number of carbonyl (C=O) groups excluding carboxylic acids is 1. The van der Waals surface area contributed by atoms with E-state index in [9.17, 15) is 4.79 Å². The van der Waals surface area contributed by atoms with Crippen molar-refractivity contribution in [3.63, 3.8) is 0 Å². The molecule has 0 aliphatic rings. The molecule has 0 atom stereocenters. The molecule has 0 aromatic heterocycles. The third-order valence-corrected chi connectivity index (χ3v) is 3.35. The van der Waals surface area contributed by atoms with E-state index in [0.717, 1.165) is 38.5 Å². The minimum Gasteiger partial charge on any atom is -0.444 e. The zero-order chi connectivity index (χ0) is 19.4. The molecular weight excluding hydrogens is 459 g/mol. The van der Waals surface area contributed by atoms with Gasteiger partial charge in [-0.25, -0.2) is 4.79 Å². The first-order chi connectivity index (χ1) is 12.3. The Morgan fingerprint density at radius 1 is 1.11 bits per heavy atom. The number of hydrogen-bond donors (Lipinski definition) is 3. The van der Waals surface area contributed by atoms with Gasteiger partial charge in [0.15, 0.2) is 5.96 Å². The number of nitrogens with one attached hydrogen (secondary N) is 3. The quantitative estimate of drug-likeness (QED) is 0.224. The SMILES string of the molecule is CN=C(NCCCOC)NCCc1ccc(NC(=O)OC(C)(C)C)cc1.I. The number of benzene rings is 1. The summed E-state index contributed by atoms with van der Waals surface area (Å²) in [5.74, 6) is 0.782. The van der Waals surface area contributed by atoms with Gasteiger partial charge in [0, 0.05) is 39.5 Å². The van der Waals surface area contributed by atoms with Gasteiger partial charge in [-0.15, -0.1) is 24.0 Å².